The molecule has 0 radical (unpaired) electrons. The second-order valence-electron chi connectivity index (χ2n) is 8.76. The van der Waals surface area contributed by atoms with Crippen molar-refractivity contribution in [2.24, 2.45) is 0 Å². The predicted octanol–water partition coefficient (Wildman–Crippen LogP) is 7.77. The Morgan fingerprint density at radius 1 is 0.382 bits per heavy atom. The minimum absolute atomic E-state index is 0.400. The van der Waals surface area contributed by atoms with Crippen molar-refractivity contribution in [3.63, 3.8) is 0 Å². The van der Waals surface area contributed by atoms with Gasteiger partial charge in [-0.25, -0.2) is 0 Å². The Labute approximate surface area is 215 Å². The van der Waals surface area contributed by atoms with Crippen LogP contribution in [0.15, 0.2) is 117 Å². The topological polar surface area (TPSA) is 0 Å². The fourth-order valence-electron chi connectivity index (χ4n) is 5.31. The molecule has 8 rings (SSSR count). The smallest absolute Gasteiger partial charge is 0.153 e. The van der Waals surface area contributed by atoms with Crippen molar-refractivity contribution in [3.8, 4) is 0 Å². The maximum Gasteiger partial charge on any atom is 0.318 e. The monoisotopic (exact) mass is 502 g/mol. The van der Waals surface area contributed by atoms with Gasteiger partial charge in [0.1, 0.15) is 0 Å². The van der Waals surface area contributed by atoms with Crippen molar-refractivity contribution >= 4 is 100 Å². The molecule has 2 aliphatic heterocycles. The fraction of sp³-hybridized carbons (Fsp3) is 0. The van der Waals surface area contributed by atoms with Crippen molar-refractivity contribution in [2.75, 3.05) is 0 Å². The first-order valence-electron chi connectivity index (χ1n) is 11.4. The van der Waals surface area contributed by atoms with Gasteiger partial charge in [-0.05, 0) is 67.5 Å². The summed E-state index contributed by atoms with van der Waals surface area (Å²) < 4.78 is 0. The van der Waals surface area contributed by atoms with Crippen LogP contribution in [0.5, 0.6) is 0 Å². The van der Waals surface area contributed by atoms with Crippen LogP contribution in [-0.4, -0.2) is 10.5 Å². The Morgan fingerprint density at radius 3 is 1.12 bits per heavy atom. The molecule has 0 amide bonds. The lowest BCUT2D eigenvalue weighted by Gasteiger charge is -2.18. The second-order valence-corrected chi connectivity index (χ2v) is 13.9. The SMILES string of the molecule is c1ccc2c(c1)SB(c1ccc3ccc4c(B5Sc6ccccc6S5)ccc5ccc1c3c54)S2. The van der Waals surface area contributed by atoms with Crippen molar-refractivity contribution in [1.82, 2.24) is 0 Å². The van der Waals surface area contributed by atoms with Crippen LogP contribution < -0.4 is 10.9 Å². The van der Waals surface area contributed by atoms with Crippen LogP contribution in [0.3, 0.4) is 0 Å². The number of hydrogen-bond donors (Lipinski definition) is 0. The average Bonchev–Trinajstić information content (AvgIpc) is 3.51. The zero-order valence-electron chi connectivity index (χ0n) is 18.0. The molecule has 0 saturated heterocycles. The van der Waals surface area contributed by atoms with E-state index in [4.69, 9.17) is 0 Å². The molecule has 2 aliphatic rings. The highest BCUT2D eigenvalue weighted by molar-refractivity contribution is 8.58. The molecule has 0 spiro atoms. The molecule has 6 heteroatoms. The zero-order valence-corrected chi connectivity index (χ0v) is 21.3. The number of hydrogen-bond acceptors (Lipinski definition) is 4. The molecule has 6 aromatic carbocycles. The van der Waals surface area contributed by atoms with Gasteiger partial charge in [-0.1, -0.05) is 72.8 Å². The third-order valence-corrected chi connectivity index (χ3v) is 12.6. The van der Waals surface area contributed by atoms with Gasteiger partial charge in [0.2, 0.25) is 0 Å². The maximum absolute atomic E-state index is 2.36. The van der Waals surface area contributed by atoms with E-state index < -0.39 is 0 Å². The second kappa shape index (κ2) is 7.69. The molecule has 2 heterocycles. The first-order valence-corrected chi connectivity index (χ1v) is 14.9. The molecule has 0 bridgehead atoms. The van der Waals surface area contributed by atoms with E-state index in [0.29, 0.717) is 10.5 Å². The standard InChI is InChI=1S/C28H16B2S4/c1-2-6-24-23(5-1)31-29(32-24)21-15-11-17-10-14-20-22(30-33-25-7-3-4-8-26(25)34-30)16-12-18-9-13-19(21)27(17)28(18)20/h1-16H. The summed E-state index contributed by atoms with van der Waals surface area (Å²) in [7, 11) is 0. The third-order valence-electron chi connectivity index (χ3n) is 6.87. The van der Waals surface area contributed by atoms with Crippen LogP contribution in [0, 0.1) is 0 Å². The van der Waals surface area contributed by atoms with E-state index in [-0.39, 0.29) is 0 Å². The molecule has 0 aliphatic carbocycles. The van der Waals surface area contributed by atoms with Gasteiger partial charge < -0.3 is 0 Å². The lowest BCUT2D eigenvalue weighted by atomic mass is 9.80. The number of fused-ring (bicyclic) bond motifs is 2. The van der Waals surface area contributed by atoms with Crippen LogP contribution in [0.2, 0.25) is 0 Å². The highest BCUT2D eigenvalue weighted by atomic mass is 32.2. The van der Waals surface area contributed by atoms with Crippen LogP contribution >= 0.6 is 46.5 Å². The molecule has 0 unspecified atom stereocenters. The zero-order chi connectivity index (χ0) is 22.2. The highest BCUT2D eigenvalue weighted by Gasteiger charge is 2.32. The van der Waals surface area contributed by atoms with Crippen molar-refractivity contribution < 1.29 is 0 Å². The summed E-state index contributed by atoms with van der Waals surface area (Å²) in [5, 5.41) is 9.15. The Morgan fingerprint density at radius 2 is 0.735 bits per heavy atom. The van der Waals surface area contributed by atoms with Crippen LogP contribution in [-0.2, 0) is 0 Å². The minimum atomic E-state index is 0.400. The Balaban J connectivity index is 1.31. The van der Waals surface area contributed by atoms with Gasteiger partial charge in [-0.3, -0.25) is 0 Å². The molecule has 0 aromatic heterocycles. The molecule has 0 N–H and O–H groups in total. The highest BCUT2D eigenvalue weighted by Crippen LogP contribution is 2.47. The summed E-state index contributed by atoms with van der Waals surface area (Å²) in [5.41, 5.74) is 2.88. The van der Waals surface area contributed by atoms with Crippen LogP contribution in [0.4, 0.5) is 0 Å². The van der Waals surface area contributed by atoms with E-state index in [2.05, 4.69) is 97.1 Å². The van der Waals surface area contributed by atoms with Gasteiger partial charge in [0, 0.05) is 19.6 Å². The number of rotatable bonds is 2. The maximum atomic E-state index is 2.36. The average molecular weight is 502 g/mol. The molecular weight excluding hydrogens is 486 g/mol. The lowest BCUT2D eigenvalue weighted by molar-refractivity contribution is 1.27. The molecule has 34 heavy (non-hydrogen) atoms. The fourth-order valence-corrected chi connectivity index (χ4v) is 11.1. The molecule has 158 valence electrons. The predicted molar refractivity (Wildman–Crippen MR) is 157 cm³/mol. The van der Waals surface area contributed by atoms with E-state index in [9.17, 15) is 0 Å². The van der Waals surface area contributed by atoms with E-state index >= 15 is 0 Å². The van der Waals surface area contributed by atoms with Gasteiger partial charge in [0.15, 0.2) is 0 Å². The van der Waals surface area contributed by atoms with Crippen molar-refractivity contribution in [2.45, 2.75) is 19.6 Å². The van der Waals surface area contributed by atoms with E-state index in [0.717, 1.165) is 0 Å². The van der Waals surface area contributed by atoms with Gasteiger partial charge in [0.05, 0.1) is 0 Å². The normalized spacial score (nSPS) is 15.1. The van der Waals surface area contributed by atoms with Crippen molar-refractivity contribution in [3.05, 3.63) is 97.1 Å². The summed E-state index contributed by atoms with van der Waals surface area (Å²) in [6.07, 6.45) is 0. The van der Waals surface area contributed by atoms with E-state index in [1.165, 1.54) is 62.8 Å². The third kappa shape index (κ3) is 2.95. The molecule has 6 aromatic rings. The minimum Gasteiger partial charge on any atom is -0.153 e. The lowest BCUT2D eigenvalue weighted by Crippen LogP contribution is -2.24. The van der Waals surface area contributed by atoms with Gasteiger partial charge in [-0.15, -0.1) is 0 Å². The largest absolute Gasteiger partial charge is 0.318 e. The summed E-state index contributed by atoms with van der Waals surface area (Å²) in [6.45, 7) is 0. The Bertz CT molecular complexity index is 1570. The van der Waals surface area contributed by atoms with E-state index in [1.807, 2.05) is 46.5 Å². The molecule has 0 fully saturated rings. The number of benzene rings is 6. The molecular formula is C28H16B2S4. The summed E-state index contributed by atoms with van der Waals surface area (Å²) in [5.74, 6) is 0. The van der Waals surface area contributed by atoms with Crippen molar-refractivity contribution in [1.29, 1.82) is 0 Å². The van der Waals surface area contributed by atoms with Crippen LogP contribution in [0.1, 0.15) is 0 Å². The molecule has 0 nitrogen and oxygen atoms in total. The molecule has 0 atom stereocenters. The van der Waals surface area contributed by atoms with Gasteiger partial charge in [0.25, 0.3) is 0 Å². The van der Waals surface area contributed by atoms with Gasteiger partial charge >= 0.3 is 10.5 Å². The first kappa shape index (κ1) is 20.1. The summed E-state index contributed by atoms with van der Waals surface area (Å²) >= 11 is 7.97. The summed E-state index contributed by atoms with van der Waals surface area (Å²) in [6, 6.07) is 36.4. The first-order chi connectivity index (χ1) is 16.8. The summed E-state index contributed by atoms with van der Waals surface area (Å²) in [4.78, 5) is 5.61. The van der Waals surface area contributed by atoms with E-state index in [1.54, 1.807) is 0 Å². The quantitative estimate of drug-likeness (QED) is 0.175. The molecule has 0 saturated carbocycles. The Kier molecular flexibility index (Phi) is 4.55. The Hall–Kier alpha value is -2.11. The van der Waals surface area contributed by atoms with Gasteiger partial charge in [-0.2, -0.15) is 46.5 Å². The van der Waals surface area contributed by atoms with Crippen LogP contribution in [0.25, 0.3) is 32.3 Å².